The number of piperazine rings is 1. The van der Waals surface area contributed by atoms with Gasteiger partial charge in [0.05, 0.1) is 25.9 Å². The molecule has 1 fully saturated rings. The van der Waals surface area contributed by atoms with Gasteiger partial charge in [-0.3, -0.25) is 14.0 Å². The largest absolute Gasteiger partial charge is 0.497 e. The minimum Gasteiger partial charge on any atom is -0.497 e. The normalized spacial score (nSPS) is 14.0. The average molecular weight is 600 g/mol. The maximum Gasteiger partial charge on any atom is 0.268 e. The van der Waals surface area contributed by atoms with Crippen LogP contribution in [0.3, 0.4) is 0 Å². The predicted molar refractivity (Wildman–Crippen MR) is 168 cm³/mol. The molecule has 1 amide bonds. The number of aryl methyl sites for hydroxylation is 1. The van der Waals surface area contributed by atoms with E-state index >= 15 is 0 Å². The highest BCUT2D eigenvalue weighted by Gasteiger charge is 2.34. The lowest BCUT2D eigenvalue weighted by atomic mass is 9.96. The van der Waals surface area contributed by atoms with Gasteiger partial charge in [-0.05, 0) is 47.9 Å². The van der Waals surface area contributed by atoms with Crippen molar-refractivity contribution < 1.29 is 22.7 Å². The van der Waals surface area contributed by atoms with Crippen LogP contribution in [0.25, 0.3) is 0 Å². The van der Waals surface area contributed by atoms with Gasteiger partial charge in [-0.25, -0.2) is 8.42 Å². The minimum atomic E-state index is -4.18. The van der Waals surface area contributed by atoms with Crippen LogP contribution < -0.4 is 13.8 Å². The summed E-state index contributed by atoms with van der Waals surface area (Å²) >= 11 is 0. The Morgan fingerprint density at radius 3 is 2.00 bits per heavy atom. The number of carbonyl (C=O) groups is 1. The minimum absolute atomic E-state index is 0.00371. The van der Waals surface area contributed by atoms with E-state index in [2.05, 4.69) is 29.2 Å². The standard InChI is InChI=1S/C34H37N3O5S/c1-26-17-18-31(42-3)32(23-26)43(39,40)37(29-15-10-16-30(24-29)41-2)25-33(38)35-19-21-36(22-20-35)34(27-11-6-4-7-12-27)28-13-8-5-9-14-28/h4-18,23-24,34H,19-22,25H2,1-3H3. The van der Waals surface area contributed by atoms with Crippen molar-refractivity contribution in [1.29, 1.82) is 0 Å². The Kier molecular flexibility index (Phi) is 9.33. The first kappa shape index (κ1) is 30.1. The van der Waals surface area contributed by atoms with Crippen molar-refractivity contribution in [3.8, 4) is 11.5 Å². The molecule has 0 spiro atoms. The molecule has 224 valence electrons. The summed E-state index contributed by atoms with van der Waals surface area (Å²) in [6, 6.07) is 32.5. The molecule has 9 heteroatoms. The van der Waals surface area contributed by atoms with Crippen molar-refractivity contribution in [2.24, 2.45) is 0 Å². The number of benzene rings is 4. The van der Waals surface area contributed by atoms with Crippen LogP contribution in [0.1, 0.15) is 22.7 Å². The lowest BCUT2D eigenvalue weighted by Gasteiger charge is -2.40. The van der Waals surface area contributed by atoms with Gasteiger partial charge >= 0.3 is 0 Å². The van der Waals surface area contributed by atoms with Crippen molar-refractivity contribution in [2.75, 3.05) is 51.2 Å². The third kappa shape index (κ3) is 6.68. The Morgan fingerprint density at radius 1 is 0.791 bits per heavy atom. The lowest BCUT2D eigenvalue weighted by Crippen LogP contribution is -2.52. The molecule has 0 saturated carbocycles. The van der Waals surface area contributed by atoms with E-state index < -0.39 is 10.0 Å². The summed E-state index contributed by atoms with van der Waals surface area (Å²) in [5.41, 5.74) is 3.48. The van der Waals surface area contributed by atoms with E-state index in [-0.39, 0.29) is 29.1 Å². The van der Waals surface area contributed by atoms with Gasteiger partial charge in [0.1, 0.15) is 22.9 Å². The number of ether oxygens (including phenoxy) is 2. The van der Waals surface area contributed by atoms with Gasteiger partial charge in [0.25, 0.3) is 10.0 Å². The highest BCUT2D eigenvalue weighted by atomic mass is 32.2. The number of anilines is 1. The van der Waals surface area contributed by atoms with Crippen LogP contribution in [-0.2, 0) is 14.8 Å². The number of amides is 1. The van der Waals surface area contributed by atoms with Crippen molar-refractivity contribution in [2.45, 2.75) is 17.9 Å². The molecular formula is C34H37N3O5S. The fraction of sp³-hybridized carbons (Fsp3) is 0.265. The van der Waals surface area contributed by atoms with E-state index in [0.717, 1.165) is 9.87 Å². The first-order valence-corrected chi connectivity index (χ1v) is 15.7. The summed E-state index contributed by atoms with van der Waals surface area (Å²) in [4.78, 5) is 17.9. The molecule has 1 saturated heterocycles. The summed E-state index contributed by atoms with van der Waals surface area (Å²) in [6.45, 7) is 3.73. The summed E-state index contributed by atoms with van der Waals surface area (Å²) in [5.74, 6) is 0.434. The predicted octanol–water partition coefficient (Wildman–Crippen LogP) is 5.14. The molecule has 0 atom stereocenters. The Labute approximate surface area is 254 Å². The van der Waals surface area contributed by atoms with Crippen LogP contribution in [0.2, 0.25) is 0 Å². The Balaban J connectivity index is 1.39. The second-order valence-electron chi connectivity index (χ2n) is 10.5. The Hall–Kier alpha value is -4.34. The van der Waals surface area contributed by atoms with E-state index in [4.69, 9.17) is 9.47 Å². The van der Waals surface area contributed by atoms with E-state index in [0.29, 0.717) is 37.6 Å². The second kappa shape index (κ2) is 13.3. The molecule has 0 radical (unpaired) electrons. The van der Waals surface area contributed by atoms with Crippen LogP contribution in [-0.4, -0.2) is 71.1 Å². The maximum absolute atomic E-state index is 14.2. The molecule has 0 N–H and O–H groups in total. The molecule has 5 rings (SSSR count). The number of sulfonamides is 1. The van der Waals surface area contributed by atoms with E-state index in [1.54, 1.807) is 47.4 Å². The maximum atomic E-state index is 14.2. The zero-order valence-electron chi connectivity index (χ0n) is 24.7. The van der Waals surface area contributed by atoms with Crippen LogP contribution in [0.15, 0.2) is 108 Å². The first-order valence-electron chi connectivity index (χ1n) is 14.2. The quantitative estimate of drug-likeness (QED) is 0.251. The number of nitrogens with zero attached hydrogens (tertiary/aromatic N) is 3. The summed E-state index contributed by atoms with van der Waals surface area (Å²) < 4.78 is 40.3. The molecule has 0 aromatic heterocycles. The number of carbonyl (C=O) groups excluding carboxylic acids is 1. The van der Waals surface area contributed by atoms with Crippen molar-refractivity contribution in [3.05, 3.63) is 120 Å². The molecule has 1 aliphatic heterocycles. The number of methoxy groups -OCH3 is 2. The number of hydrogen-bond acceptors (Lipinski definition) is 6. The molecule has 8 nitrogen and oxygen atoms in total. The molecular weight excluding hydrogens is 562 g/mol. The van der Waals surface area contributed by atoms with Gasteiger partial charge in [-0.15, -0.1) is 0 Å². The van der Waals surface area contributed by atoms with Gasteiger partial charge < -0.3 is 14.4 Å². The fourth-order valence-corrected chi connectivity index (χ4v) is 7.17. The SMILES string of the molecule is COc1cccc(N(CC(=O)N2CCN(C(c3ccccc3)c3ccccc3)CC2)S(=O)(=O)c2cc(C)ccc2OC)c1. The Morgan fingerprint density at radius 2 is 1.42 bits per heavy atom. The molecule has 0 bridgehead atoms. The van der Waals surface area contributed by atoms with Crippen LogP contribution in [0.4, 0.5) is 5.69 Å². The van der Waals surface area contributed by atoms with Gasteiger partial charge in [-0.1, -0.05) is 72.8 Å². The summed E-state index contributed by atoms with van der Waals surface area (Å²) in [5, 5.41) is 0. The lowest BCUT2D eigenvalue weighted by molar-refractivity contribution is -0.131. The molecule has 0 unspecified atom stereocenters. The van der Waals surface area contributed by atoms with Crippen LogP contribution in [0, 0.1) is 6.92 Å². The van der Waals surface area contributed by atoms with Gasteiger partial charge in [0.2, 0.25) is 5.91 Å². The molecule has 43 heavy (non-hydrogen) atoms. The van der Waals surface area contributed by atoms with Crippen LogP contribution >= 0.6 is 0 Å². The fourth-order valence-electron chi connectivity index (χ4n) is 5.52. The summed E-state index contributed by atoms with van der Waals surface area (Å²) in [6.07, 6.45) is 0. The highest BCUT2D eigenvalue weighted by Crippen LogP contribution is 2.33. The number of rotatable bonds is 10. The van der Waals surface area contributed by atoms with Crippen molar-refractivity contribution in [3.63, 3.8) is 0 Å². The smallest absolute Gasteiger partial charge is 0.268 e. The molecule has 4 aromatic carbocycles. The second-order valence-corrected chi connectivity index (χ2v) is 12.3. The monoisotopic (exact) mass is 599 g/mol. The van der Waals surface area contributed by atoms with E-state index in [1.165, 1.54) is 25.3 Å². The van der Waals surface area contributed by atoms with Gasteiger partial charge in [0, 0.05) is 32.2 Å². The average Bonchev–Trinajstić information content (AvgIpc) is 3.05. The van der Waals surface area contributed by atoms with E-state index in [1.807, 2.05) is 43.3 Å². The Bertz CT molecular complexity index is 1600. The number of hydrogen-bond donors (Lipinski definition) is 0. The zero-order chi connectivity index (χ0) is 30.4. The van der Waals surface area contributed by atoms with Gasteiger partial charge in [-0.2, -0.15) is 0 Å². The molecule has 1 aliphatic rings. The topological polar surface area (TPSA) is 79.4 Å². The third-order valence-electron chi connectivity index (χ3n) is 7.77. The zero-order valence-corrected chi connectivity index (χ0v) is 25.5. The molecule has 4 aromatic rings. The summed E-state index contributed by atoms with van der Waals surface area (Å²) in [7, 11) is -1.23. The van der Waals surface area contributed by atoms with Crippen LogP contribution in [0.5, 0.6) is 11.5 Å². The van der Waals surface area contributed by atoms with Gasteiger partial charge in [0.15, 0.2) is 0 Å². The highest BCUT2D eigenvalue weighted by molar-refractivity contribution is 7.93. The van der Waals surface area contributed by atoms with Crippen molar-refractivity contribution >= 4 is 21.6 Å². The molecule has 0 aliphatic carbocycles. The van der Waals surface area contributed by atoms with Crippen molar-refractivity contribution in [1.82, 2.24) is 9.80 Å². The third-order valence-corrected chi connectivity index (χ3v) is 9.57. The first-order chi connectivity index (χ1) is 20.8. The van der Waals surface area contributed by atoms with E-state index in [9.17, 15) is 13.2 Å². The molecule has 1 heterocycles.